The highest BCUT2D eigenvalue weighted by Gasteiger charge is 2.36. The average molecular weight is 283 g/mol. The molecule has 0 heterocycles. The normalized spacial score (nSPS) is 19.6. The highest BCUT2D eigenvalue weighted by atomic mass is 32.2. The summed E-state index contributed by atoms with van der Waals surface area (Å²) in [5.41, 5.74) is -0.457. The van der Waals surface area contributed by atoms with E-state index in [1.807, 2.05) is 0 Å². The van der Waals surface area contributed by atoms with E-state index in [9.17, 15) is 13.5 Å². The number of hydrogen-bond donors (Lipinski definition) is 1. The van der Waals surface area contributed by atoms with Crippen molar-refractivity contribution in [3.63, 3.8) is 0 Å². The zero-order valence-electron chi connectivity index (χ0n) is 11.5. The Kier molecular flexibility index (Phi) is 3.99. The molecular weight excluding hydrogens is 262 g/mol. The van der Waals surface area contributed by atoms with Gasteiger partial charge in [-0.15, -0.1) is 0 Å². The molecule has 0 saturated heterocycles. The monoisotopic (exact) mass is 283 g/mol. The van der Waals surface area contributed by atoms with Gasteiger partial charge >= 0.3 is 0 Å². The van der Waals surface area contributed by atoms with Crippen molar-refractivity contribution in [3.05, 3.63) is 29.8 Å². The van der Waals surface area contributed by atoms with Gasteiger partial charge in [-0.3, -0.25) is 0 Å². The van der Waals surface area contributed by atoms with Crippen LogP contribution in [0.4, 0.5) is 0 Å². The van der Waals surface area contributed by atoms with Gasteiger partial charge in [0.25, 0.3) is 0 Å². The molecule has 0 amide bonds. The van der Waals surface area contributed by atoms with Crippen LogP contribution in [-0.2, 0) is 15.6 Å². The summed E-state index contributed by atoms with van der Waals surface area (Å²) in [7, 11) is -0.500. The van der Waals surface area contributed by atoms with Crippen LogP contribution >= 0.6 is 0 Å². The maximum Gasteiger partial charge on any atom is 0.242 e. The zero-order chi connectivity index (χ0) is 14.1. The van der Waals surface area contributed by atoms with Crippen LogP contribution in [0.5, 0.6) is 0 Å². The van der Waals surface area contributed by atoms with Crippen molar-refractivity contribution in [1.29, 1.82) is 0 Å². The molecule has 2 rings (SSSR count). The third-order valence-corrected chi connectivity index (χ3v) is 5.70. The first-order chi connectivity index (χ1) is 8.88. The van der Waals surface area contributed by atoms with E-state index in [4.69, 9.17) is 0 Å². The van der Waals surface area contributed by atoms with Gasteiger partial charge in [0.05, 0.1) is 10.5 Å². The first-order valence-corrected chi connectivity index (χ1v) is 8.06. The number of hydrogen-bond acceptors (Lipinski definition) is 3. The number of rotatable bonds is 3. The standard InChI is InChI=1S/C14H21NO3S/c1-15(2)19(17,18)13-9-5-4-8-12(13)14(16)10-6-3-7-11-14/h4-5,8-9,16H,3,6-7,10-11H2,1-2H3. The van der Waals surface area contributed by atoms with Crippen LogP contribution in [0.25, 0.3) is 0 Å². The highest BCUT2D eigenvalue weighted by Crippen LogP contribution is 2.40. The van der Waals surface area contributed by atoms with Crippen molar-refractivity contribution >= 4 is 10.0 Å². The minimum atomic E-state index is -3.52. The molecule has 0 aliphatic heterocycles. The number of nitrogens with zero attached hydrogens (tertiary/aromatic N) is 1. The molecule has 1 fully saturated rings. The van der Waals surface area contributed by atoms with E-state index >= 15 is 0 Å². The molecule has 0 radical (unpaired) electrons. The van der Waals surface area contributed by atoms with Crippen LogP contribution in [0.1, 0.15) is 37.7 Å². The van der Waals surface area contributed by atoms with E-state index in [0.717, 1.165) is 19.3 Å². The molecule has 106 valence electrons. The maximum absolute atomic E-state index is 12.4. The molecule has 1 aromatic rings. The van der Waals surface area contributed by atoms with Crippen LogP contribution in [0.3, 0.4) is 0 Å². The second-order valence-electron chi connectivity index (χ2n) is 5.38. The Labute approximate surface area is 115 Å². The Balaban J connectivity index is 2.53. The van der Waals surface area contributed by atoms with Gasteiger partial charge in [-0.2, -0.15) is 0 Å². The van der Waals surface area contributed by atoms with E-state index in [1.165, 1.54) is 18.4 Å². The zero-order valence-corrected chi connectivity index (χ0v) is 12.3. The van der Waals surface area contributed by atoms with Gasteiger partial charge in [-0.25, -0.2) is 12.7 Å². The van der Waals surface area contributed by atoms with E-state index in [2.05, 4.69) is 0 Å². The summed E-state index contributed by atoms with van der Waals surface area (Å²) in [6.45, 7) is 0. The largest absolute Gasteiger partial charge is 0.385 e. The highest BCUT2D eigenvalue weighted by molar-refractivity contribution is 7.89. The molecule has 1 N–H and O–H groups in total. The van der Waals surface area contributed by atoms with Crippen LogP contribution < -0.4 is 0 Å². The average Bonchev–Trinajstić information content (AvgIpc) is 2.39. The SMILES string of the molecule is CN(C)S(=O)(=O)c1ccccc1C1(O)CCCCC1. The van der Waals surface area contributed by atoms with Gasteiger partial charge in [0, 0.05) is 19.7 Å². The van der Waals surface area contributed by atoms with E-state index < -0.39 is 15.6 Å². The third kappa shape index (κ3) is 2.68. The summed E-state index contributed by atoms with van der Waals surface area (Å²) in [6, 6.07) is 6.81. The quantitative estimate of drug-likeness (QED) is 0.924. The molecule has 5 heteroatoms. The molecule has 1 aliphatic rings. The minimum absolute atomic E-state index is 0.226. The lowest BCUT2D eigenvalue weighted by molar-refractivity contribution is -0.00326. The third-order valence-electron chi connectivity index (χ3n) is 3.83. The van der Waals surface area contributed by atoms with Crippen molar-refractivity contribution in [2.75, 3.05) is 14.1 Å². The van der Waals surface area contributed by atoms with Gasteiger partial charge in [-0.05, 0) is 18.9 Å². The number of benzene rings is 1. The molecule has 0 bridgehead atoms. The molecular formula is C14H21NO3S. The van der Waals surface area contributed by atoms with Gasteiger partial charge in [0.2, 0.25) is 10.0 Å². The maximum atomic E-state index is 12.4. The summed E-state index contributed by atoms with van der Waals surface area (Å²) in [4.78, 5) is 0.226. The van der Waals surface area contributed by atoms with Gasteiger partial charge in [0.15, 0.2) is 0 Å². The fourth-order valence-corrected chi connectivity index (χ4v) is 3.86. The molecule has 4 nitrogen and oxygen atoms in total. The first kappa shape index (κ1) is 14.5. The van der Waals surface area contributed by atoms with Crippen LogP contribution in [0, 0.1) is 0 Å². The van der Waals surface area contributed by atoms with Crippen LogP contribution in [0.15, 0.2) is 29.2 Å². The van der Waals surface area contributed by atoms with Gasteiger partial charge < -0.3 is 5.11 Å². The van der Waals surface area contributed by atoms with E-state index in [1.54, 1.807) is 24.3 Å². The molecule has 0 atom stereocenters. The lowest BCUT2D eigenvalue weighted by atomic mass is 9.80. The fraction of sp³-hybridized carbons (Fsp3) is 0.571. The van der Waals surface area contributed by atoms with Crippen LogP contribution in [0.2, 0.25) is 0 Å². The van der Waals surface area contributed by atoms with Crippen molar-refractivity contribution in [3.8, 4) is 0 Å². The molecule has 0 unspecified atom stereocenters. The van der Waals surface area contributed by atoms with Crippen molar-refractivity contribution < 1.29 is 13.5 Å². The Morgan fingerprint density at radius 3 is 2.26 bits per heavy atom. The predicted molar refractivity (Wildman–Crippen MR) is 74.3 cm³/mol. The van der Waals surface area contributed by atoms with E-state index in [0.29, 0.717) is 18.4 Å². The Morgan fingerprint density at radius 1 is 1.11 bits per heavy atom. The summed E-state index contributed by atoms with van der Waals surface area (Å²) in [5, 5.41) is 10.8. The lowest BCUT2D eigenvalue weighted by Crippen LogP contribution is -2.32. The second kappa shape index (κ2) is 5.23. The molecule has 19 heavy (non-hydrogen) atoms. The molecule has 1 aliphatic carbocycles. The summed E-state index contributed by atoms with van der Waals surface area (Å²) >= 11 is 0. The number of sulfonamides is 1. The number of aliphatic hydroxyl groups is 1. The summed E-state index contributed by atoms with van der Waals surface area (Å²) in [5.74, 6) is 0. The summed E-state index contributed by atoms with van der Waals surface area (Å²) < 4.78 is 25.9. The van der Waals surface area contributed by atoms with Gasteiger partial charge in [0.1, 0.15) is 0 Å². The van der Waals surface area contributed by atoms with Crippen molar-refractivity contribution in [2.45, 2.75) is 42.6 Å². The first-order valence-electron chi connectivity index (χ1n) is 6.62. The molecule has 1 saturated carbocycles. The molecule has 0 spiro atoms. The summed E-state index contributed by atoms with van der Waals surface area (Å²) in [6.07, 6.45) is 4.24. The second-order valence-corrected chi connectivity index (χ2v) is 7.50. The predicted octanol–water partition coefficient (Wildman–Crippen LogP) is 2.09. The molecule has 1 aromatic carbocycles. The van der Waals surface area contributed by atoms with Gasteiger partial charge in [-0.1, -0.05) is 37.5 Å². The Bertz CT molecular complexity index is 546. The minimum Gasteiger partial charge on any atom is -0.385 e. The molecule has 0 aromatic heterocycles. The van der Waals surface area contributed by atoms with E-state index in [-0.39, 0.29) is 4.90 Å². The fourth-order valence-electron chi connectivity index (χ4n) is 2.68. The van der Waals surface area contributed by atoms with Crippen LogP contribution in [-0.4, -0.2) is 31.9 Å². The smallest absolute Gasteiger partial charge is 0.242 e. The topological polar surface area (TPSA) is 57.6 Å². The lowest BCUT2D eigenvalue weighted by Gasteiger charge is -2.34. The Hall–Kier alpha value is -0.910. The van der Waals surface area contributed by atoms with Crippen molar-refractivity contribution in [2.24, 2.45) is 0 Å². The van der Waals surface area contributed by atoms with Crippen molar-refractivity contribution in [1.82, 2.24) is 4.31 Å². The Morgan fingerprint density at radius 2 is 1.68 bits per heavy atom.